The normalized spacial score (nSPS) is 12.9. The van der Waals surface area contributed by atoms with Gasteiger partial charge in [-0.1, -0.05) is 34.1 Å². The minimum atomic E-state index is -3.45. The van der Waals surface area contributed by atoms with Gasteiger partial charge in [0, 0.05) is 0 Å². The van der Waals surface area contributed by atoms with E-state index in [0.717, 1.165) is 18.7 Å². The van der Waals surface area contributed by atoms with E-state index in [0.29, 0.717) is 13.2 Å². The van der Waals surface area contributed by atoms with Gasteiger partial charge in [0.15, 0.2) is 0 Å². The molecule has 2 rings (SSSR count). The van der Waals surface area contributed by atoms with Gasteiger partial charge in [0.1, 0.15) is 0 Å². The van der Waals surface area contributed by atoms with Crippen LogP contribution in [0.3, 0.4) is 0 Å². The number of ether oxygens (including phenoxy) is 4. The van der Waals surface area contributed by atoms with Crippen LogP contribution in [0.2, 0.25) is 0 Å². The summed E-state index contributed by atoms with van der Waals surface area (Å²) in [6.45, 7) is 17.0. The van der Waals surface area contributed by atoms with Crippen molar-refractivity contribution in [2.45, 2.75) is 74.4 Å². The summed E-state index contributed by atoms with van der Waals surface area (Å²) in [5.74, 6) is 1.45. The second kappa shape index (κ2) is 17.8. The SMILES string of the molecule is CC.CCC.CCOC(C)Oc1ccc([Te](Cl)(Cl)c2ccc(OC(C)OCC)cc2)cc1. The molecule has 4 nitrogen and oxygen atoms in total. The Labute approximate surface area is 206 Å². The molecule has 2 unspecified atom stereocenters. The van der Waals surface area contributed by atoms with Gasteiger partial charge >= 0.3 is 174 Å². The third-order valence-electron chi connectivity index (χ3n) is 3.65. The molecule has 0 aliphatic rings. The molecule has 0 amide bonds. The number of benzene rings is 2. The van der Waals surface area contributed by atoms with Gasteiger partial charge < -0.3 is 0 Å². The Bertz CT molecular complexity index is 649. The van der Waals surface area contributed by atoms with Crippen LogP contribution in [0.25, 0.3) is 0 Å². The molecule has 184 valence electrons. The summed E-state index contributed by atoms with van der Waals surface area (Å²) in [4.78, 5) is 0. The molecule has 0 heterocycles. The van der Waals surface area contributed by atoms with Crippen LogP contribution in [-0.4, -0.2) is 41.7 Å². The Hall–Kier alpha value is -0.670. The quantitative estimate of drug-likeness (QED) is 0.224. The molecule has 0 radical (unpaired) electrons. The van der Waals surface area contributed by atoms with Crippen molar-refractivity contribution in [2.75, 3.05) is 13.2 Å². The molecule has 2 aromatic carbocycles. The molecule has 0 aromatic heterocycles. The summed E-state index contributed by atoms with van der Waals surface area (Å²) >= 11 is -3.45. The first kappa shape index (κ1) is 31.3. The molecule has 2 aromatic rings. The first-order chi connectivity index (χ1) is 15.3. The van der Waals surface area contributed by atoms with Crippen molar-refractivity contribution in [1.82, 2.24) is 0 Å². The molecule has 0 saturated heterocycles. The maximum absolute atomic E-state index is 6.83. The first-order valence-corrected chi connectivity index (χ1v) is 19.5. The summed E-state index contributed by atoms with van der Waals surface area (Å²) in [7, 11) is 13.7. The molecule has 7 heteroatoms. The van der Waals surface area contributed by atoms with Gasteiger partial charge in [-0.3, -0.25) is 0 Å². The Morgan fingerprint density at radius 2 is 0.938 bits per heavy atom. The van der Waals surface area contributed by atoms with Crippen LogP contribution in [0.5, 0.6) is 11.5 Å². The van der Waals surface area contributed by atoms with Crippen LogP contribution in [0, 0.1) is 0 Å². The van der Waals surface area contributed by atoms with Crippen LogP contribution in [0.1, 0.15) is 61.8 Å². The summed E-state index contributed by atoms with van der Waals surface area (Å²) in [5, 5.41) is 0. The number of halogens is 2. The molecule has 0 saturated carbocycles. The van der Waals surface area contributed by atoms with Crippen molar-refractivity contribution in [2.24, 2.45) is 0 Å². The average Bonchev–Trinajstić information content (AvgIpc) is 2.77. The molecular weight excluding hydrogens is 563 g/mol. The molecule has 0 spiro atoms. The van der Waals surface area contributed by atoms with Crippen molar-refractivity contribution in [3.63, 3.8) is 0 Å². The molecule has 0 aliphatic carbocycles. The van der Waals surface area contributed by atoms with Gasteiger partial charge in [-0.15, -0.1) is 0 Å². The van der Waals surface area contributed by atoms with E-state index in [1.54, 1.807) is 0 Å². The average molecular weight is 603 g/mol. The van der Waals surface area contributed by atoms with Gasteiger partial charge in [-0.2, -0.15) is 0 Å². The number of hydrogen-bond acceptors (Lipinski definition) is 4. The Morgan fingerprint density at radius 1 is 0.656 bits per heavy atom. The third-order valence-corrected chi connectivity index (χ3v) is 13.4. The standard InChI is InChI=1S/C20H26Cl2O4Te.C3H8.C2H6/c1-5-23-15(3)25-17-7-11-19(12-8-17)27(21,22)20-13-9-18(10-14-20)26-16(4)24-6-2;1-3-2;1-2/h7-16H,5-6H2,1-4H3;3H2,1-2H3;1-2H3. The fraction of sp³-hybridized carbons (Fsp3) is 0.520. The summed E-state index contributed by atoms with van der Waals surface area (Å²) in [6, 6.07) is 15.2. The summed E-state index contributed by atoms with van der Waals surface area (Å²) in [5.41, 5.74) is 0. The van der Waals surface area contributed by atoms with Crippen LogP contribution in [0.15, 0.2) is 48.5 Å². The molecule has 0 N–H and O–H groups in total. The number of rotatable bonds is 10. The van der Waals surface area contributed by atoms with Crippen molar-refractivity contribution in [1.29, 1.82) is 0 Å². The molecule has 32 heavy (non-hydrogen) atoms. The van der Waals surface area contributed by atoms with E-state index in [-0.39, 0.29) is 12.6 Å². The van der Waals surface area contributed by atoms with E-state index in [2.05, 4.69) is 13.8 Å². The van der Waals surface area contributed by atoms with Crippen LogP contribution in [0.4, 0.5) is 0 Å². The van der Waals surface area contributed by atoms with E-state index >= 15 is 0 Å². The van der Waals surface area contributed by atoms with Crippen LogP contribution >= 0.6 is 17.9 Å². The molecule has 0 aliphatic heterocycles. The molecule has 0 fully saturated rings. The van der Waals surface area contributed by atoms with Gasteiger partial charge in [-0.05, 0) is 0 Å². The second-order valence-electron chi connectivity index (χ2n) is 6.40. The number of hydrogen-bond donors (Lipinski definition) is 0. The maximum atomic E-state index is 6.83. The van der Waals surface area contributed by atoms with E-state index < -0.39 is 15.9 Å². The van der Waals surface area contributed by atoms with Gasteiger partial charge in [0.25, 0.3) is 0 Å². The first-order valence-electron chi connectivity index (χ1n) is 11.3. The van der Waals surface area contributed by atoms with E-state index in [9.17, 15) is 0 Å². The molecule has 0 bridgehead atoms. The van der Waals surface area contributed by atoms with Crippen LogP contribution in [-0.2, 0) is 9.47 Å². The van der Waals surface area contributed by atoms with Crippen molar-refractivity contribution >= 4 is 41.1 Å². The van der Waals surface area contributed by atoms with Crippen molar-refractivity contribution in [3.8, 4) is 11.5 Å². The topological polar surface area (TPSA) is 36.9 Å². The van der Waals surface area contributed by atoms with E-state index in [1.807, 2.05) is 90.1 Å². The Balaban J connectivity index is 0.00000177. The minimum absolute atomic E-state index is 0.300. The van der Waals surface area contributed by atoms with Gasteiger partial charge in [0.05, 0.1) is 0 Å². The second-order valence-corrected chi connectivity index (χ2v) is 19.0. The monoisotopic (exact) mass is 604 g/mol. The van der Waals surface area contributed by atoms with Crippen molar-refractivity contribution < 1.29 is 18.9 Å². The summed E-state index contributed by atoms with van der Waals surface area (Å²) < 4.78 is 24.0. The van der Waals surface area contributed by atoms with Crippen LogP contribution < -0.4 is 16.7 Å². The zero-order valence-corrected chi connectivity index (χ0v) is 24.5. The third kappa shape index (κ3) is 11.5. The zero-order chi connectivity index (χ0) is 24.6. The van der Waals surface area contributed by atoms with Gasteiger partial charge in [-0.25, -0.2) is 0 Å². The fourth-order valence-electron chi connectivity index (χ4n) is 2.44. The van der Waals surface area contributed by atoms with Gasteiger partial charge in [0.2, 0.25) is 0 Å². The fourth-order valence-corrected chi connectivity index (χ4v) is 8.70. The summed E-state index contributed by atoms with van der Waals surface area (Å²) in [6.07, 6.45) is 0.650. The predicted octanol–water partition coefficient (Wildman–Crippen LogP) is 6.69. The predicted molar refractivity (Wildman–Crippen MR) is 140 cm³/mol. The van der Waals surface area contributed by atoms with E-state index in [1.165, 1.54) is 6.42 Å². The Kier molecular flexibility index (Phi) is 17.4. The van der Waals surface area contributed by atoms with E-state index in [4.69, 9.17) is 36.9 Å². The molecule has 2 atom stereocenters. The Morgan fingerprint density at radius 3 is 1.19 bits per heavy atom. The van der Waals surface area contributed by atoms with Crippen molar-refractivity contribution in [3.05, 3.63) is 48.5 Å². The zero-order valence-electron chi connectivity index (χ0n) is 20.7. The molecular formula is C25H40Cl2O4Te.